The number of carbonyl (C=O) groups excluding carboxylic acids is 3. The minimum absolute atomic E-state index is 0.0324. The number of hydrogen-bond acceptors (Lipinski definition) is 7. The second-order valence-corrected chi connectivity index (χ2v) is 17.3. The van der Waals surface area contributed by atoms with Crippen molar-refractivity contribution >= 4 is 17.9 Å². The highest BCUT2D eigenvalue weighted by molar-refractivity contribution is 5.70. The Labute approximate surface area is 368 Å². The number of carbonyl (C=O) groups is 3. The maximum absolute atomic E-state index is 12.8. The quantitative estimate of drug-likeness (QED) is 0.0261. The Kier molecular flexibility index (Phi) is 40.6. The zero-order valence-corrected chi connectivity index (χ0v) is 39.4. The number of esters is 2. The lowest BCUT2D eigenvalue weighted by molar-refractivity contribution is -0.889. The van der Waals surface area contributed by atoms with E-state index in [1.165, 1.54) is 83.5 Å². The van der Waals surface area contributed by atoms with Gasteiger partial charge in [-0.3, -0.25) is 9.59 Å². The van der Waals surface area contributed by atoms with Gasteiger partial charge in [0.2, 0.25) is 0 Å². The number of hydrogen-bond donors (Lipinski definition) is 0. The number of unbranched alkanes of at least 4 members (excludes halogenated alkanes) is 19. The van der Waals surface area contributed by atoms with Crippen LogP contribution in [0, 0.1) is 0 Å². The van der Waals surface area contributed by atoms with Crippen LogP contribution in [0.15, 0.2) is 60.8 Å². The van der Waals surface area contributed by atoms with Gasteiger partial charge in [0.25, 0.3) is 0 Å². The monoisotopic (exact) mass is 842 g/mol. The Balaban J connectivity index is 4.33. The molecule has 0 aliphatic heterocycles. The molecule has 0 aliphatic rings. The molecule has 0 amide bonds. The lowest BCUT2D eigenvalue weighted by atomic mass is 10.0. The van der Waals surface area contributed by atoms with E-state index in [0.29, 0.717) is 12.8 Å². The highest BCUT2D eigenvalue weighted by Gasteiger charge is 2.25. The van der Waals surface area contributed by atoms with E-state index in [9.17, 15) is 19.5 Å². The molecule has 0 saturated carbocycles. The lowest BCUT2D eigenvalue weighted by Crippen LogP contribution is -2.55. The number of carboxylic acids is 1. The molecule has 0 aromatic carbocycles. The minimum Gasteiger partial charge on any atom is -0.544 e. The van der Waals surface area contributed by atoms with Gasteiger partial charge < -0.3 is 28.6 Å². The van der Waals surface area contributed by atoms with Crippen LogP contribution in [0.1, 0.15) is 200 Å². The maximum Gasteiger partial charge on any atom is 0.306 e. The van der Waals surface area contributed by atoms with Crippen molar-refractivity contribution in [1.82, 2.24) is 0 Å². The van der Waals surface area contributed by atoms with Crippen molar-refractivity contribution in [2.75, 3.05) is 41.0 Å². The molecule has 0 spiro atoms. The normalized spacial score (nSPS) is 13.4. The molecule has 0 N–H and O–H groups in total. The number of carboxylic acid groups (broad SMARTS) is 1. The summed E-state index contributed by atoms with van der Waals surface area (Å²) in [6.45, 7) is 4.53. The first kappa shape index (κ1) is 57.0. The van der Waals surface area contributed by atoms with Gasteiger partial charge in [-0.2, -0.15) is 0 Å². The van der Waals surface area contributed by atoms with E-state index >= 15 is 0 Å². The molecule has 0 aliphatic carbocycles. The third-order valence-corrected chi connectivity index (χ3v) is 10.7. The summed E-state index contributed by atoms with van der Waals surface area (Å²) in [6, 6.07) is -0.731. The van der Waals surface area contributed by atoms with Gasteiger partial charge in [0.05, 0.1) is 40.3 Å². The van der Waals surface area contributed by atoms with Crippen molar-refractivity contribution in [3.63, 3.8) is 0 Å². The van der Waals surface area contributed by atoms with Crippen LogP contribution in [0.4, 0.5) is 0 Å². The van der Waals surface area contributed by atoms with Gasteiger partial charge in [0, 0.05) is 19.3 Å². The summed E-state index contributed by atoms with van der Waals surface area (Å²) in [5.41, 5.74) is 0. The molecular formula is C52H91NO7. The summed E-state index contributed by atoms with van der Waals surface area (Å²) >= 11 is 0. The Morgan fingerprint density at radius 2 is 0.933 bits per heavy atom. The average molecular weight is 842 g/mol. The van der Waals surface area contributed by atoms with E-state index < -0.39 is 18.1 Å². The lowest BCUT2D eigenvalue weighted by Gasteiger charge is -2.34. The van der Waals surface area contributed by atoms with Crippen molar-refractivity contribution in [1.29, 1.82) is 0 Å². The van der Waals surface area contributed by atoms with Crippen LogP contribution in [0.3, 0.4) is 0 Å². The number of likely N-dealkylation sites (N-methyl/N-ethyl adjacent to an activating group) is 1. The third kappa shape index (κ3) is 40.4. The molecule has 8 nitrogen and oxygen atoms in total. The molecule has 0 radical (unpaired) electrons. The highest BCUT2D eigenvalue weighted by atomic mass is 16.6. The van der Waals surface area contributed by atoms with Crippen molar-refractivity contribution in [2.45, 2.75) is 212 Å². The molecule has 0 aromatic rings. The summed E-state index contributed by atoms with van der Waals surface area (Å²) in [5, 5.41) is 11.6. The molecule has 0 saturated heterocycles. The maximum atomic E-state index is 12.8. The van der Waals surface area contributed by atoms with Gasteiger partial charge >= 0.3 is 11.9 Å². The van der Waals surface area contributed by atoms with Crippen LogP contribution in [-0.2, 0) is 28.6 Å². The molecule has 0 heterocycles. The van der Waals surface area contributed by atoms with Gasteiger partial charge in [-0.1, -0.05) is 184 Å². The first-order valence-electron chi connectivity index (χ1n) is 24.3. The van der Waals surface area contributed by atoms with Gasteiger partial charge in [0.1, 0.15) is 12.6 Å². The first-order chi connectivity index (χ1) is 29.1. The Morgan fingerprint density at radius 1 is 0.517 bits per heavy atom. The number of allylic oxidation sites excluding steroid dienone is 10. The second kappa shape index (κ2) is 42.7. The Morgan fingerprint density at radius 3 is 1.38 bits per heavy atom. The number of aliphatic carboxylic acids is 1. The first-order valence-corrected chi connectivity index (χ1v) is 24.3. The molecule has 0 bridgehead atoms. The molecule has 2 atom stereocenters. The van der Waals surface area contributed by atoms with Crippen LogP contribution < -0.4 is 5.11 Å². The van der Waals surface area contributed by atoms with E-state index in [0.717, 1.165) is 83.5 Å². The predicted octanol–water partition coefficient (Wildman–Crippen LogP) is 12.4. The predicted molar refractivity (Wildman–Crippen MR) is 249 cm³/mol. The van der Waals surface area contributed by atoms with Crippen molar-refractivity contribution in [3.8, 4) is 0 Å². The van der Waals surface area contributed by atoms with Gasteiger partial charge in [-0.15, -0.1) is 0 Å². The highest BCUT2D eigenvalue weighted by Crippen LogP contribution is 2.15. The molecular weight excluding hydrogens is 751 g/mol. The van der Waals surface area contributed by atoms with Crippen molar-refractivity contribution in [2.24, 2.45) is 0 Å². The second-order valence-electron chi connectivity index (χ2n) is 17.3. The number of ether oxygens (including phenoxy) is 3. The largest absolute Gasteiger partial charge is 0.544 e. The van der Waals surface area contributed by atoms with Crippen LogP contribution in [0.2, 0.25) is 0 Å². The summed E-state index contributed by atoms with van der Waals surface area (Å²) in [5.74, 6) is -1.76. The standard InChI is InChI=1S/C52H91NO7/c1-6-8-10-12-14-16-18-20-22-24-25-26-27-29-30-32-34-36-38-40-42-50(54)59-47-48(46-58-45-44-49(52(56)57)53(3,4)5)60-51(55)43-41-39-37-35-33-31-28-23-21-19-17-15-13-11-9-7-2/h8,10,14,16,20,22,25-26,29-30,48-49H,6-7,9,11-13,15,17-19,21,23-24,27-28,31-47H2,1-5H3/b10-8+,16-14+,22-20+,26-25+,30-29+. The number of rotatable bonds is 43. The summed E-state index contributed by atoms with van der Waals surface area (Å²) < 4.78 is 17.2. The molecule has 0 fully saturated rings. The number of nitrogens with zero attached hydrogens (tertiary/aromatic N) is 1. The molecule has 346 valence electrons. The summed E-state index contributed by atoms with van der Waals surface area (Å²) in [4.78, 5) is 37.0. The third-order valence-electron chi connectivity index (χ3n) is 10.7. The van der Waals surface area contributed by atoms with E-state index in [2.05, 4.69) is 74.6 Å². The van der Waals surface area contributed by atoms with Crippen molar-refractivity contribution in [3.05, 3.63) is 60.8 Å². The molecule has 60 heavy (non-hydrogen) atoms. The molecule has 2 unspecified atom stereocenters. The fraction of sp³-hybridized carbons (Fsp3) is 0.750. The fourth-order valence-corrected chi connectivity index (χ4v) is 6.92. The van der Waals surface area contributed by atoms with Crippen LogP contribution in [-0.4, -0.2) is 75.5 Å². The van der Waals surface area contributed by atoms with Crippen molar-refractivity contribution < 1.29 is 38.2 Å². The van der Waals surface area contributed by atoms with E-state index in [1.54, 1.807) is 21.1 Å². The molecule has 0 rings (SSSR count). The average Bonchev–Trinajstić information content (AvgIpc) is 3.21. The SMILES string of the molecule is CC/C=C/C/C=C/C/C=C/C/C=C/C/C=C/CCCCCCC(=O)OCC(COCCC(C(=O)[O-])[N+](C)(C)C)OC(=O)CCCCCCCCCCCCCCCCCC. The van der Waals surface area contributed by atoms with E-state index in [-0.39, 0.29) is 42.7 Å². The zero-order chi connectivity index (χ0) is 44.2. The fourth-order valence-electron chi connectivity index (χ4n) is 6.92. The molecule has 0 aromatic heterocycles. The summed E-state index contributed by atoms with van der Waals surface area (Å²) in [7, 11) is 5.40. The number of quaternary nitrogens is 1. The molecule has 8 heteroatoms. The van der Waals surface area contributed by atoms with Crippen LogP contribution in [0.5, 0.6) is 0 Å². The van der Waals surface area contributed by atoms with E-state index in [1.807, 2.05) is 0 Å². The van der Waals surface area contributed by atoms with E-state index in [4.69, 9.17) is 14.2 Å². The smallest absolute Gasteiger partial charge is 0.306 e. The van der Waals surface area contributed by atoms with Crippen LogP contribution >= 0.6 is 0 Å². The van der Waals surface area contributed by atoms with Gasteiger partial charge in [-0.25, -0.2) is 0 Å². The zero-order valence-electron chi connectivity index (χ0n) is 39.4. The minimum atomic E-state index is -1.13. The topological polar surface area (TPSA) is 102 Å². The Hall–Kier alpha value is -2.97. The Bertz CT molecular complexity index is 1170. The van der Waals surface area contributed by atoms with Crippen LogP contribution in [0.25, 0.3) is 0 Å². The summed E-state index contributed by atoms with van der Waals surface area (Å²) in [6.07, 6.45) is 52.4. The van der Waals surface area contributed by atoms with Gasteiger partial charge in [0.15, 0.2) is 6.10 Å². The van der Waals surface area contributed by atoms with Gasteiger partial charge in [-0.05, 0) is 57.8 Å².